The predicted octanol–water partition coefficient (Wildman–Crippen LogP) is -1.84. The van der Waals surface area contributed by atoms with Crippen LogP contribution in [0.2, 0.25) is 0 Å². The maximum atomic E-state index is 11.9. The van der Waals surface area contributed by atoms with Crippen LogP contribution < -0.4 is 0 Å². The van der Waals surface area contributed by atoms with Crippen molar-refractivity contribution < 1.29 is 50.4 Å². The van der Waals surface area contributed by atoms with E-state index in [9.17, 15) is 35.4 Å². The highest BCUT2D eigenvalue weighted by atomic mass is 16.5. The van der Waals surface area contributed by atoms with Gasteiger partial charge in [0, 0.05) is 44.7 Å². The van der Waals surface area contributed by atoms with Crippen molar-refractivity contribution in [2.45, 2.75) is 108 Å². The molecule has 0 radical (unpaired) electrons. The predicted molar refractivity (Wildman–Crippen MR) is 125 cm³/mol. The van der Waals surface area contributed by atoms with Crippen molar-refractivity contribution in [3.05, 3.63) is 0 Å². The number of carbonyl (C=O) groups is 1. The van der Waals surface area contributed by atoms with Crippen molar-refractivity contribution >= 4 is 5.78 Å². The molecular weight excluding hydrogens is 450 g/mol. The quantitative estimate of drug-likeness (QED) is 0.100. The Morgan fingerprint density at radius 1 is 0.794 bits per heavy atom. The lowest BCUT2D eigenvalue weighted by atomic mass is 9.96. The maximum absolute atomic E-state index is 11.9. The van der Waals surface area contributed by atoms with Gasteiger partial charge in [0.2, 0.25) is 0 Å². The summed E-state index contributed by atoms with van der Waals surface area (Å²) in [6, 6.07) is 0. The molecule has 0 aliphatic rings. The fraction of sp³-hybridized carbons (Fsp3) is 0.957. The molecule has 8 N–H and O–H groups in total. The topological polar surface area (TPSA) is 191 Å². The van der Waals surface area contributed by atoms with E-state index in [0.29, 0.717) is 6.42 Å². The third-order valence-corrected chi connectivity index (χ3v) is 5.93. The Morgan fingerprint density at radius 2 is 1.21 bits per heavy atom. The van der Waals surface area contributed by atoms with Crippen molar-refractivity contribution in [2.24, 2.45) is 0 Å². The molecule has 34 heavy (non-hydrogen) atoms. The molecular formula is C23H47NO10. The van der Waals surface area contributed by atoms with Crippen LogP contribution >= 0.6 is 0 Å². The summed E-state index contributed by atoms with van der Waals surface area (Å²) in [6.07, 6.45) is -8.54. The number of hydrogen-bond acceptors (Lipinski definition) is 11. The molecule has 0 aromatic heterocycles. The normalized spacial score (nSPS) is 18.4. The van der Waals surface area contributed by atoms with Gasteiger partial charge in [-0.05, 0) is 40.5 Å². The minimum absolute atomic E-state index is 0.0347. The van der Waals surface area contributed by atoms with Crippen LogP contribution in [-0.4, -0.2) is 132 Å². The zero-order valence-corrected chi connectivity index (χ0v) is 21.2. The molecule has 6 atom stereocenters. The number of ether oxygens (including phenoxy) is 1. The van der Waals surface area contributed by atoms with Gasteiger partial charge in [0.15, 0.2) is 0 Å². The second kappa shape index (κ2) is 15.4. The molecule has 0 aromatic carbocycles. The Hall–Kier alpha value is -0.730. The van der Waals surface area contributed by atoms with Gasteiger partial charge in [-0.1, -0.05) is 6.92 Å². The molecule has 0 aliphatic carbocycles. The first-order chi connectivity index (χ1) is 15.6. The standard InChI is InChI=1S/C23H47NO10/c1-6-15(27)11-23(4,5)34-14-22(2,3)24(12-18(30)20(32)16(28)7-9-25)13-19(31)21(33)17(29)8-10-26/h16-21,25-26,28-33H,6-14H2,1-5H3/t16-,17-,18+,19+,20+,21+/m1/s1. The van der Waals surface area contributed by atoms with Gasteiger partial charge in [-0.2, -0.15) is 0 Å². The summed E-state index contributed by atoms with van der Waals surface area (Å²) in [5.74, 6) is 0.0347. The van der Waals surface area contributed by atoms with Crippen LogP contribution in [0.5, 0.6) is 0 Å². The first-order valence-corrected chi connectivity index (χ1v) is 11.8. The van der Waals surface area contributed by atoms with Crippen LogP contribution in [0.25, 0.3) is 0 Å². The summed E-state index contributed by atoms with van der Waals surface area (Å²) in [6.45, 7) is 7.61. The van der Waals surface area contributed by atoms with E-state index in [1.54, 1.807) is 39.5 Å². The minimum Gasteiger partial charge on any atom is -0.396 e. The van der Waals surface area contributed by atoms with E-state index in [0.717, 1.165) is 0 Å². The molecule has 0 rings (SSSR count). The molecule has 11 nitrogen and oxygen atoms in total. The molecule has 0 heterocycles. The van der Waals surface area contributed by atoms with E-state index in [1.807, 2.05) is 0 Å². The zero-order chi connectivity index (χ0) is 26.7. The van der Waals surface area contributed by atoms with Gasteiger partial charge >= 0.3 is 0 Å². The van der Waals surface area contributed by atoms with Gasteiger partial charge in [-0.25, -0.2) is 0 Å². The number of ketones is 1. The Balaban J connectivity index is 5.60. The summed E-state index contributed by atoms with van der Waals surface area (Å²) in [5, 5.41) is 79.3. The number of rotatable bonds is 19. The second-order valence-corrected chi connectivity index (χ2v) is 10.1. The Morgan fingerprint density at radius 3 is 1.56 bits per heavy atom. The fourth-order valence-corrected chi connectivity index (χ4v) is 3.47. The van der Waals surface area contributed by atoms with Crippen molar-refractivity contribution in [3.63, 3.8) is 0 Å². The fourth-order valence-electron chi connectivity index (χ4n) is 3.47. The molecule has 0 saturated heterocycles. The number of carbonyl (C=O) groups excluding carboxylic acids is 1. The van der Waals surface area contributed by atoms with Crippen LogP contribution in [0.3, 0.4) is 0 Å². The average molecular weight is 498 g/mol. The molecule has 0 fully saturated rings. The molecule has 0 saturated carbocycles. The summed E-state index contributed by atoms with van der Waals surface area (Å²) < 4.78 is 5.99. The van der Waals surface area contributed by atoms with Gasteiger partial charge in [0.1, 0.15) is 18.0 Å². The average Bonchev–Trinajstić information content (AvgIpc) is 2.76. The molecule has 0 unspecified atom stereocenters. The molecule has 11 heteroatoms. The van der Waals surface area contributed by atoms with Crippen molar-refractivity contribution in [1.29, 1.82) is 0 Å². The van der Waals surface area contributed by atoms with Crippen molar-refractivity contribution in [2.75, 3.05) is 32.9 Å². The number of β-amino-alcohol motifs (C(OH)–C–C–N with tert-alkyl or cyclic N) is 2. The van der Waals surface area contributed by atoms with E-state index < -0.39 is 47.8 Å². The lowest BCUT2D eigenvalue weighted by Crippen LogP contribution is -2.58. The monoisotopic (exact) mass is 497 g/mol. The third-order valence-electron chi connectivity index (χ3n) is 5.93. The number of hydrogen-bond donors (Lipinski definition) is 8. The molecule has 0 aliphatic heterocycles. The molecule has 0 aromatic rings. The Labute approximate surface area is 202 Å². The minimum atomic E-state index is -1.58. The maximum Gasteiger partial charge on any atom is 0.135 e. The summed E-state index contributed by atoms with van der Waals surface area (Å²) in [7, 11) is 0. The van der Waals surface area contributed by atoms with Crippen molar-refractivity contribution in [1.82, 2.24) is 4.90 Å². The lowest BCUT2D eigenvalue weighted by molar-refractivity contribution is -0.134. The smallest absolute Gasteiger partial charge is 0.135 e. The second-order valence-electron chi connectivity index (χ2n) is 10.1. The van der Waals surface area contributed by atoms with Crippen LogP contribution in [-0.2, 0) is 9.53 Å². The SMILES string of the molecule is CCC(=O)CC(C)(C)OCC(C)(C)N(C[C@H](O)[C@@H](O)[C@H](O)CCO)C[C@H](O)[C@@H](O)[C@H](O)CCO. The summed E-state index contributed by atoms with van der Waals surface area (Å²) in [4.78, 5) is 13.4. The Kier molecular flexibility index (Phi) is 15.1. The lowest BCUT2D eigenvalue weighted by Gasteiger charge is -2.43. The van der Waals surface area contributed by atoms with E-state index in [1.165, 1.54) is 0 Å². The van der Waals surface area contributed by atoms with Crippen LogP contribution in [0.4, 0.5) is 0 Å². The highest BCUT2D eigenvalue weighted by Crippen LogP contribution is 2.24. The number of nitrogens with zero attached hydrogens (tertiary/aromatic N) is 1. The number of Topliss-reactive ketones (excluding diaryl/α,β-unsaturated/α-hetero) is 1. The van der Waals surface area contributed by atoms with Crippen LogP contribution in [0, 0.1) is 0 Å². The molecule has 0 amide bonds. The number of aliphatic hydroxyl groups is 8. The van der Waals surface area contributed by atoms with Gasteiger partial charge in [-0.15, -0.1) is 0 Å². The van der Waals surface area contributed by atoms with Crippen LogP contribution in [0.1, 0.15) is 60.3 Å². The van der Waals surface area contributed by atoms with E-state index >= 15 is 0 Å². The van der Waals surface area contributed by atoms with Gasteiger partial charge in [0.25, 0.3) is 0 Å². The van der Waals surface area contributed by atoms with E-state index in [-0.39, 0.29) is 58.0 Å². The first-order valence-electron chi connectivity index (χ1n) is 11.8. The largest absolute Gasteiger partial charge is 0.396 e. The summed E-state index contributed by atoms with van der Waals surface area (Å²) >= 11 is 0. The molecule has 0 bridgehead atoms. The van der Waals surface area contributed by atoms with Crippen molar-refractivity contribution in [3.8, 4) is 0 Å². The third kappa shape index (κ3) is 11.8. The van der Waals surface area contributed by atoms with Gasteiger partial charge < -0.3 is 45.6 Å². The Bertz CT molecular complexity index is 548. The summed E-state index contributed by atoms with van der Waals surface area (Å²) in [5.41, 5.74) is -1.67. The van der Waals surface area contributed by atoms with Gasteiger partial charge in [-0.3, -0.25) is 9.69 Å². The van der Waals surface area contributed by atoms with E-state index in [2.05, 4.69) is 0 Å². The highest BCUT2D eigenvalue weighted by Gasteiger charge is 2.37. The molecule has 204 valence electrons. The highest BCUT2D eigenvalue weighted by molar-refractivity contribution is 5.78. The van der Waals surface area contributed by atoms with Gasteiger partial charge in [0.05, 0.1) is 36.6 Å². The number of aliphatic hydroxyl groups excluding tert-OH is 8. The molecule has 0 spiro atoms. The van der Waals surface area contributed by atoms with E-state index in [4.69, 9.17) is 14.9 Å². The first kappa shape index (κ1) is 33.3. The van der Waals surface area contributed by atoms with Crippen LogP contribution in [0.15, 0.2) is 0 Å². The zero-order valence-electron chi connectivity index (χ0n) is 21.2.